The van der Waals surface area contributed by atoms with Crippen LogP contribution in [0.3, 0.4) is 0 Å². The minimum atomic E-state index is 0.181. The first-order valence-corrected chi connectivity index (χ1v) is 6.10. The van der Waals surface area contributed by atoms with E-state index in [4.69, 9.17) is 11.6 Å². The average molecular weight is 242 g/mol. The van der Waals surface area contributed by atoms with Gasteiger partial charge in [0.25, 0.3) is 0 Å². The molecule has 2 nitrogen and oxygen atoms in total. The fourth-order valence-corrected chi connectivity index (χ4v) is 3.01. The molecule has 0 saturated carbocycles. The van der Waals surface area contributed by atoms with Gasteiger partial charge in [-0.15, -0.1) is 11.3 Å². The maximum Gasteiger partial charge on any atom is 0.0827 e. The molecule has 0 aliphatic heterocycles. The van der Waals surface area contributed by atoms with Crippen LogP contribution < -0.4 is 0 Å². The van der Waals surface area contributed by atoms with Crippen molar-refractivity contribution >= 4 is 33.2 Å². The first-order chi connectivity index (χ1) is 7.26. The Bertz CT molecular complexity index is 465. The highest BCUT2D eigenvalue weighted by atomic mass is 35.5. The quantitative estimate of drug-likeness (QED) is 0.893. The maximum absolute atomic E-state index is 9.23. The predicted molar refractivity (Wildman–Crippen MR) is 64.7 cm³/mol. The van der Waals surface area contributed by atoms with Gasteiger partial charge in [-0.2, -0.15) is 0 Å². The third kappa shape index (κ3) is 2.00. The van der Waals surface area contributed by atoms with Gasteiger partial charge in [-0.25, -0.2) is 0 Å². The van der Waals surface area contributed by atoms with Gasteiger partial charge in [0.05, 0.1) is 21.8 Å². The molecule has 2 aromatic rings. The molecule has 0 saturated heterocycles. The van der Waals surface area contributed by atoms with E-state index in [1.54, 1.807) is 23.6 Å². The van der Waals surface area contributed by atoms with Crippen molar-refractivity contribution in [2.45, 2.75) is 19.3 Å². The highest BCUT2D eigenvalue weighted by Gasteiger charge is 2.13. The molecular formula is C11H12ClNOS. The standard InChI is InChI=1S/C11H12ClNOS/c1-2-7(6-14)10-5-9-11(15-10)8(12)3-4-13-9/h3-5,7,14H,2,6H2,1H3. The van der Waals surface area contributed by atoms with E-state index in [-0.39, 0.29) is 12.5 Å². The molecule has 1 N–H and O–H groups in total. The van der Waals surface area contributed by atoms with Crippen LogP contribution in [-0.2, 0) is 0 Å². The lowest BCUT2D eigenvalue weighted by atomic mass is 10.1. The van der Waals surface area contributed by atoms with Crippen LogP contribution >= 0.6 is 22.9 Å². The van der Waals surface area contributed by atoms with Crippen LogP contribution in [-0.4, -0.2) is 16.7 Å². The van der Waals surface area contributed by atoms with E-state index in [1.165, 1.54) is 0 Å². The van der Waals surface area contributed by atoms with Crippen LogP contribution in [0, 0.1) is 0 Å². The molecule has 2 rings (SSSR count). The Morgan fingerprint density at radius 3 is 3.00 bits per heavy atom. The predicted octanol–water partition coefficient (Wildman–Crippen LogP) is 3.44. The number of aromatic nitrogens is 1. The fourth-order valence-electron chi connectivity index (χ4n) is 1.55. The van der Waals surface area contributed by atoms with Gasteiger partial charge in [0, 0.05) is 17.0 Å². The minimum absolute atomic E-state index is 0.181. The Kier molecular flexibility index (Phi) is 3.24. The van der Waals surface area contributed by atoms with Gasteiger partial charge >= 0.3 is 0 Å². The highest BCUT2D eigenvalue weighted by Crippen LogP contribution is 2.34. The van der Waals surface area contributed by atoms with Gasteiger partial charge in [-0.3, -0.25) is 4.98 Å². The Morgan fingerprint density at radius 1 is 1.60 bits per heavy atom. The summed E-state index contributed by atoms with van der Waals surface area (Å²) in [5.41, 5.74) is 0.925. The van der Waals surface area contributed by atoms with E-state index >= 15 is 0 Å². The molecule has 0 aliphatic rings. The Balaban J connectivity index is 2.51. The number of fused-ring (bicyclic) bond motifs is 1. The molecule has 0 amide bonds. The average Bonchev–Trinajstić information content (AvgIpc) is 2.65. The van der Waals surface area contributed by atoms with E-state index in [2.05, 4.69) is 11.9 Å². The van der Waals surface area contributed by atoms with Crippen molar-refractivity contribution in [2.24, 2.45) is 0 Å². The molecule has 0 aliphatic carbocycles. The summed E-state index contributed by atoms with van der Waals surface area (Å²) in [6.45, 7) is 2.25. The lowest BCUT2D eigenvalue weighted by Gasteiger charge is -2.07. The monoisotopic (exact) mass is 241 g/mol. The number of pyridine rings is 1. The lowest BCUT2D eigenvalue weighted by molar-refractivity contribution is 0.264. The SMILES string of the molecule is CCC(CO)c1cc2nccc(Cl)c2s1. The molecule has 0 aromatic carbocycles. The number of rotatable bonds is 3. The molecule has 0 fully saturated rings. The zero-order valence-corrected chi connectivity index (χ0v) is 9.98. The normalized spacial score (nSPS) is 13.3. The van der Waals surface area contributed by atoms with Crippen molar-refractivity contribution < 1.29 is 5.11 Å². The van der Waals surface area contributed by atoms with Gasteiger partial charge in [0.2, 0.25) is 0 Å². The van der Waals surface area contributed by atoms with E-state index in [0.717, 1.165) is 26.5 Å². The van der Waals surface area contributed by atoms with Crippen LogP contribution in [0.5, 0.6) is 0 Å². The van der Waals surface area contributed by atoms with Gasteiger partial charge in [0.1, 0.15) is 0 Å². The van der Waals surface area contributed by atoms with Crippen LogP contribution in [0.1, 0.15) is 24.1 Å². The molecule has 80 valence electrons. The topological polar surface area (TPSA) is 33.1 Å². The molecule has 15 heavy (non-hydrogen) atoms. The van der Waals surface area contributed by atoms with Crippen LogP contribution in [0.15, 0.2) is 18.3 Å². The summed E-state index contributed by atoms with van der Waals surface area (Å²) < 4.78 is 1.01. The molecular weight excluding hydrogens is 230 g/mol. The van der Waals surface area contributed by atoms with E-state index < -0.39 is 0 Å². The van der Waals surface area contributed by atoms with Gasteiger partial charge < -0.3 is 5.11 Å². The van der Waals surface area contributed by atoms with E-state index in [9.17, 15) is 5.11 Å². The molecule has 0 spiro atoms. The zero-order chi connectivity index (χ0) is 10.8. The number of aliphatic hydroxyl groups is 1. The Labute approximate surface area is 97.5 Å². The summed E-state index contributed by atoms with van der Waals surface area (Å²) in [5, 5.41) is 9.97. The zero-order valence-electron chi connectivity index (χ0n) is 8.40. The molecule has 2 aromatic heterocycles. The van der Waals surface area contributed by atoms with Crippen LogP contribution in [0.4, 0.5) is 0 Å². The van der Waals surface area contributed by atoms with Gasteiger partial charge in [-0.05, 0) is 18.6 Å². The molecule has 0 radical (unpaired) electrons. The second-order valence-corrected chi connectivity index (χ2v) is 4.93. The third-order valence-electron chi connectivity index (χ3n) is 2.50. The summed E-state index contributed by atoms with van der Waals surface area (Å²) in [4.78, 5) is 5.42. The maximum atomic E-state index is 9.23. The first kappa shape index (κ1) is 10.9. The molecule has 4 heteroatoms. The fraction of sp³-hybridized carbons (Fsp3) is 0.364. The highest BCUT2D eigenvalue weighted by molar-refractivity contribution is 7.19. The van der Waals surface area contributed by atoms with Crippen molar-refractivity contribution in [1.29, 1.82) is 0 Å². The number of nitrogens with zero attached hydrogens (tertiary/aromatic N) is 1. The van der Waals surface area contributed by atoms with Crippen molar-refractivity contribution in [3.8, 4) is 0 Å². The Morgan fingerprint density at radius 2 is 2.40 bits per heavy atom. The summed E-state index contributed by atoms with van der Waals surface area (Å²) >= 11 is 7.70. The largest absolute Gasteiger partial charge is 0.396 e. The van der Waals surface area contributed by atoms with Crippen molar-refractivity contribution in [3.63, 3.8) is 0 Å². The van der Waals surface area contributed by atoms with Gasteiger partial charge in [-0.1, -0.05) is 18.5 Å². The first-order valence-electron chi connectivity index (χ1n) is 4.91. The number of thiophene rings is 1. The smallest absolute Gasteiger partial charge is 0.0827 e. The van der Waals surface area contributed by atoms with Crippen molar-refractivity contribution in [2.75, 3.05) is 6.61 Å². The second kappa shape index (κ2) is 4.47. The third-order valence-corrected chi connectivity index (χ3v) is 4.25. The summed E-state index contributed by atoms with van der Waals surface area (Å²) in [6, 6.07) is 3.82. The van der Waals surface area contributed by atoms with E-state index in [0.29, 0.717) is 0 Å². The number of hydrogen-bond donors (Lipinski definition) is 1. The van der Waals surface area contributed by atoms with Crippen molar-refractivity contribution in [1.82, 2.24) is 4.98 Å². The van der Waals surface area contributed by atoms with Crippen LogP contribution in [0.2, 0.25) is 5.02 Å². The number of halogens is 1. The summed E-state index contributed by atoms with van der Waals surface area (Å²) in [5.74, 6) is 0.209. The molecule has 1 unspecified atom stereocenters. The lowest BCUT2D eigenvalue weighted by Crippen LogP contribution is -1.99. The summed E-state index contributed by atoms with van der Waals surface area (Å²) in [7, 11) is 0. The molecule has 0 bridgehead atoms. The van der Waals surface area contributed by atoms with E-state index in [1.807, 2.05) is 6.07 Å². The Hall–Kier alpha value is -0.640. The second-order valence-electron chi connectivity index (χ2n) is 3.44. The number of aliphatic hydroxyl groups excluding tert-OH is 1. The number of hydrogen-bond acceptors (Lipinski definition) is 3. The van der Waals surface area contributed by atoms with Crippen molar-refractivity contribution in [3.05, 3.63) is 28.2 Å². The molecule has 2 heterocycles. The minimum Gasteiger partial charge on any atom is -0.396 e. The molecule has 1 atom stereocenters. The van der Waals surface area contributed by atoms with Gasteiger partial charge in [0.15, 0.2) is 0 Å². The summed E-state index contributed by atoms with van der Waals surface area (Å²) in [6.07, 6.45) is 2.64. The van der Waals surface area contributed by atoms with Crippen LogP contribution in [0.25, 0.3) is 10.2 Å².